The molecule has 1 N–H and O–H groups in total. The molecule has 0 spiro atoms. The Hall–Kier alpha value is -1.95. The van der Waals surface area contributed by atoms with Crippen molar-refractivity contribution in [2.45, 2.75) is 27.7 Å². The molecule has 1 fully saturated rings. The monoisotopic (exact) mass is 1130 g/mol. The van der Waals surface area contributed by atoms with Crippen LogP contribution in [0.5, 0.6) is 0 Å². The molecule has 0 radical (unpaired) electrons. The van der Waals surface area contributed by atoms with Gasteiger partial charge in [-0.2, -0.15) is 37.5 Å². The van der Waals surface area contributed by atoms with Crippen molar-refractivity contribution >= 4 is 130 Å². The van der Waals surface area contributed by atoms with Gasteiger partial charge in [-0.1, -0.05) is 112 Å². The second-order valence-electron chi connectivity index (χ2n) is 10.3. The summed E-state index contributed by atoms with van der Waals surface area (Å²) >= 11 is 15.6. The van der Waals surface area contributed by atoms with Gasteiger partial charge in [0.15, 0.2) is 0 Å². The van der Waals surface area contributed by atoms with Crippen LogP contribution in [0.15, 0.2) is 90.7 Å². The van der Waals surface area contributed by atoms with Crippen molar-refractivity contribution in [3.05, 3.63) is 90.7 Å². The average molecular weight is 1130 g/mol. The van der Waals surface area contributed by atoms with Gasteiger partial charge >= 0.3 is 29.6 Å². The summed E-state index contributed by atoms with van der Waals surface area (Å²) in [5.41, 5.74) is 7.56. The van der Waals surface area contributed by atoms with Crippen LogP contribution >= 0.6 is 86.3 Å². The van der Waals surface area contributed by atoms with Gasteiger partial charge in [-0.3, -0.25) is 0 Å². The van der Waals surface area contributed by atoms with Gasteiger partial charge in [0.05, 0.1) is 11.0 Å². The zero-order chi connectivity index (χ0) is 38.0. The molecule has 1 aliphatic heterocycles. The maximum atomic E-state index is 8.25. The summed E-state index contributed by atoms with van der Waals surface area (Å²) in [7, 11) is 6.32. The third kappa shape index (κ3) is 17.2. The maximum absolute atomic E-state index is 8.25. The van der Waals surface area contributed by atoms with Crippen molar-refractivity contribution in [3.63, 3.8) is 0 Å². The van der Waals surface area contributed by atoms with E-state index in [1.54, 1.807) is 14.2 Å². The molecule has 0 aliphatic carbocycles. The van der Waals surface area contributed by atoms with Crippen molar-refractivity contribution in [2.75, 3.05) is 25.3 Å². The zero-order valence-corrected chi connectivity index (χ0v) is 40.4. The SMILES string of the molecule is Brc1ccc2n[nH]nc2c1.C.C.C1CCOC1.CI.C[O-].Cn1nc2ccc(Br)cc2n1.Cn1nnc2cc(Br)ccc21.Cn1nnc2ccc(Br)cc21.[Na+]. The molecule has 0 atom stereocenters. The number of benzene rings is 4. The second-order valence-corrected chi connectivity index (χ2v) is 14.0. The van der Waals surface area contributed by atoms with Crippen LogP contribution in [0.3, 0.4) is 0 Å². The Morgan fingerprint density at radius 1 is 0.582 bits per heavy atom. The molecule has 4 aromatic heterocycles. The summed E-state index contributed by atoms with van der Waals surface area (Å²) in [5.74, 6) is 0. The molecule has 4 aromatic carbocycles. The van der Waals surface area contributed by atoms with E-state index in [0.717, 1.165) is 82.3 Å². The third-order valence-corrected chi connectivity index (χ3v) is 8.67. The average Bonchev–Trinajstić information content (AvgIpc) is 4.01. The number of H-pyrrole nitrogens is 1. The largest absolute Gasteiger partial charge is 1.00 e. The summed E-state index contributed by atoms with van der Waals surface area (Å²) in [6, 6.07) is 23.4. The van der Waals surface area contributed by atoms with Crippen LogP contribution < -0.4 is 34.7 Å². The predicted molar refractivity (Wildman–Crippen MR) is 240 cm³/mol. The van der Waals surface area contributed by atoms with Gasteiger partial charge in [-0.15, -0.1) is 10.2 Å². The number of ether oxygens (including phenoxy) is 1. The number of hydrogen-bond donors (Lipinski definition) is 1. The standard InChI is InChI=1S/3C7H6BrN3.C6H4BrN3.C4H8O.CH3I.CH3O.2CH4.Na/c1-11-7-3-2-5(8)4-6(7)9-10-11;1-11-7-4-5(8)2-3-6(7)9-10-11;1-11-9-6-3-2-5(8)4-7(6)10-11;7-4-1-2-5-6(3-4)9-10-8-5;1-2-4-5-3-1;2*1-2;;;/h3*2-4H,1H3;1-3H,(H,8,9,10);1-4H2;2*1H3;2*1H4;/q;;;;;;-1;;;+1. The van der Waals surface area contributed by atoms with Gasteiger partial charge < -0.3 is 9.84 Å². The minimum absolute atomic E-state index is 0. The van der Waals surface area contributed by atoms with Gasteiger partial charge in [0.1, 0.15) is 33.1 Å². The number of aromatic nitrogens is 12. The summed E-state index contributed by atoms with van der Waals surface area (Å²) in [5, 5.41) is 42.6. The van der Waals surface area contributed by atoms with Crippen molar-refractivity contribution in [1.82, 2.24) is 60.4 Å². The van der Waals surface area contributed by atoms with E-state index in [-0.39, 0.29) is 44.4 Å². The molecule has 0 saturated carbocycles. The number of aromatic amines is 1. The van der Waals surface area contributed by atoms with Gasteiger partial charge in [0.2, 0.25) is 0 Å². The third-order valence-electron chi connectivity index (χ3n) is 6.69. The van der Waals surface area contributed by atoms with Gasteiger partial charge in [-0.05, 0) is 90.6 Å². The first-order valence-corrected chi connectivity index (χ1v) is 20.7. The molecule has 55 heavy (non-hydrogen) atoms. The normalized spacial score (nSPS) is 10.7. The molecule has 1 aliphatic rings. The summed E-state index contributed by atoms with van der Waals surface area (Å²) < 4.78 is 12.6. The molecule has 8 aromatic rings. The van der Waals surface area contributed by atoms with Crippen LogP contribution in [-0.4, -0.2) is 85.6 Å². The molecule has 5 heterocycles. The molecule has 0 unspecified atom stereocenters. The number of nitrogens with one attached hydrogen (secondary N) is 1. The summed E-state index contributed by atoms with van der Waals surface area (Å²) in [6.07, 6.45) is 2.56. The molecule has 9 rings (SSSR count). The summed E-state index contributed by atoms with van der Waals surface area (Å²) in [6.45, 7) is 2.00. The van der Waals surface area contributed by atoms with Crippen LogP contribution in [-0.2, 0) is 25.9 Å². The van der Waals surface area contributed by atoms with Crippen molar-refractivity contribution in [2.24, 2.45) is 21.1 Å². The van der Waals surface area contributed by atoms with Crippen LogP contribution in [0, 0.1) is 0 Å². The Bertz CT molecular complexity index is 2240. The molecule has 20 heteroatoms. The molecule has 1 saturated heterocycles. The second kappa shape index (κ2) is 28.5. The van der Waals surface area contributed by atoms with E-state index in [9.17, 15) is 0 Å². The molecular formula is C35H44Br4IN12NaO2. The molecule has 0 amide bonds. The molecule has 14 nitrogen and oxygen atoms in total. The van der Waals surface area contributed by atoms with Gasteiger partial charge in [0, 0.05) is 52.2 Å². The fourth-order valence-electron chi connectivity index (χ4n) is 4.34. The number of halogens is 5. The van der Waals surface area contributed by atoms with E-state index in [1.807, 2.05) is 98.9 Å². The molecule has 0 bridgehead atoms. The smallest absolute Gasteiger partial charge is 0.857 e. The fourth-order valence-corrected chi connectivity index (χ4v) is 5.73. The Labute approximate surface area is 390 Å². The van der Waals surface area contributed by atoms with E-state index >= 15 is 0 Å². The molecule has 292 valence electrons. The van der Waals surface area contributed by atoms with Gasteiger partial charge in [0.25, 0.3) is 0 Å². The topological polar surface area (TPSA) is 166 Å². The van der Waals surface area contributed by atoms with Crippen LogP contribution in [0.1, 0.15) is 27.7 Å². The van der Waals surface area contributed by atoms with Crippen molar-refractivity contribution in [1.29, 1.82) is 0 Å². The minimum Gasteiger partial charge on any atom is -0.857 e. The van der Waals surface area contributed by atoms with E-state index < -0.39 is 0 Å². The summed E-state index contributed by atoms with van der Waals surface area (Å²) in [4.78, 5) is 3.54. The number of fused-ring (bicyclic) bond motifs is 4. The first-order valence-electron chi connectivity index (χ1n) is 15.3. The minimum atomic E-state index is 0. The van der Waals surface area contributed by atoms with Crippen molar-refractivity contribution in [3.8, 4) is 0 Å². The van der Waals surface area contributed by atoms with Crippen LogP contribution in [0.4, 0.5) is 0 Å². The van der Waals surface area contributed by atoms with E-state index in [0.29, 0.717) is 0 Å². The fraction of sp³-hybridized carbons (Fsp3) is 0.314. The van der Waals surface area contributed by atoms with E-state index in [4.69, 9.17) is 9.84 Å². The molecular weight excluding hydrogens is 1090 g/mol. The van der Waals surface area contributed by atoms with Crippen LogP contribution in [0.25, 0.3) is 44.1 Å². The van der Waals surface area contributed by atoms with Crippen molar-refractivity contribution < 1.29 is 39.4 Å². The Morgan fingerprint density at radius 3 is 1.60 bits per heavy atom. The van der Waals surface area contributed by atoms with E-state index in [2.05, 4.69) is 133 Å². The maximum Gasteiger partial charge on any atom is 1.00 e. The number of alkyl halides is 1. The van der Waals surface area contributed by atoms with Gasteiger partial charge in [-0.25, -0.2) is 9.36 Å². The Balaban J connectivity index is 0.000000648. The Morgan fingerprint density at radius 2 is 1.02 bits per heavy atom. The quantitative estimate of drug-likeness (QED) is 0.108. The first kappa shape index (κ1) is 53.0. The van der Waals surface area contributed by atoms with Crippen LogP contribution in [0.2, 0.25) is 0 Å². The van der Waals surface area contributed by atoms with E-state index in [1.165, 1.54) is 12.8 Å². The Kier molecular flexibility index (Phi) is 27.4. The zero-order valence-electron chi connectivity index (χ0n) is 29.9. The number of rotatable bonds is 0. The first-order chi connectivity index (χ1) is 25.2. The number of nitrogens with zero attached hydrogens (tertiary/aromatic N) is 11. The predicted octanol–water partition coefficient (Wildman–Crippen LogP) is 6.01. The number of hydrogen-bond acceptors (Lipinski definition) is 10. The number of aryl methyl sites for hydroxylation is 3.